The van der Waals surface area contributed by atoms with E-state index in [1.54, 1.807) is 0 Å². The molecule has 1 N–H and O–H groups in total. The molecule has 0 unspecified atom stereocenters. The number of sulfonamides is 2. The molecular weight excluding hydrogens is 411 g/mol. The van der Waals surface area contributed by atoms with Gasteiger partial charge < -0.3 is 4.52 Å². The van der Waals surface area contributed by atoms with E-state index in [0.29, 0.717) is 37.6 Å². The molecule has 0 aliphatic carbocycles. The van der Waals surface area contributed by atoms with Crippen molar-refractivity contribution >= 4 is 20.0 Å². The lowest BCUT2D eigenvalue weighted by atomic mass is 9.97. The summed E-state index contributed by atoms with van der Waals surface area (Å²) in [6.45, 7) is 0.865. The van der Waals surface area contributed by atoms with Gasteiger partial charge in [-0.3, -0.25) is 0 Å². The topological polar surface area (TPSA) is 122 Å². The van der Waals surface area contributed by atoms with Crippen LogP contribution in [0.5, 0.6) is 0 Å². The van der Waals surface area contributed by atoms with Gasteiger partial charge in [-0.25, -0.2) is 30.3 Å². The molecular formula is C16H21FN4O5S2. The van der Waals surface area contributed by atoms with Crippen LogP contribution in [0, 0.1) is 5.82 Å². The third kappa shape index (κ3) is 5.13. The maximum Gasteiger partial charge on any atom is 0.240 e. The summed E-state index contributed by atoms with van der Waals surface area (Å²) in [7, 11) is -6.94. The molecule has 2 heterocycles. The number of benzene rings is 1. The molecule has 9 nitrogen and oxygen atoms in total. The van der Waals surface area contributed by atoms with Gasteiger partial charge in [0.15, 0.2) is 5.82 Å². The van der Waals surface area contributed by atoms with Crippen LogP contribution in [0.4, 0.5) is 4.39 Å². The van der Waals surface area contributed by atoms with E-state index in [1.165, 1.54) is 22.7 Å². The van der Waals surface area contributed by atoms with Crippen LogP contribution in [0.1, 0.15) is 30.5 Å². The van der Waals surface area contributed by atoms with Crippen LogP contribution in [0.25, 0.3) is 0 Å². The second kappa shape index (κ2) is 8.23. The van der Waals surface area contributed by atoms with Crippen molar-refractivity contribution in [3.63, 3.8) is 0 Å². The van der Waals surface area contributed by atoms with E-state index in [-0.39, 0.29) is 23.8 Å². The number of aromatic nitrogens is 2. The normalized spacial score (nSPS) is 17.1. The Morgan fingerprint density at radius 2 is 1.82 bits per heavy atom. The van der Waals surface area contributed by atoms with Gasteiger partial charge in [-0.2, -0.15) is 4.98 Å². The van der Waals surface area contributed by atoms with E-state index < -0.39 is 25.9 Å². The van der Waals surface area contributed by atoms with Crippen LogP contribution in [0.3, 0.4) is 0 Å². The van der Waals surface area contributed by atoms with E-state index in [4.69, 9.17) is 4.52 Å². The molecule has 12 heteroatoms. The van der Waals surface area contributed by atoms with Crippen molar-refractivity contribution in [3.8, 4) is 0 Å². The van der Waals surface area contributed by atoms with Gasteiger partial charge in [-0.15, -0.1) is 0 Å². The molecule has 2 aromatic rings. The molecule has 3 rings (SSSR count). The number of nitrogens with one attached hydrogen (secondary N) is 1. The Bertz CT molecular complexity index is 1010. The fourth-order valence-corrected chi connectivity index (χ4v) is 4.88. The number of piperidine rings is 1. The third-order valence-electron chi connectivity index (χ3n) is 4.53. The van der Waals surface area contributed by atoms with Crippen molar-refractivity contribution in [1.29, 1.82) is 0 Å². The predicted octanol–water partition coefficient (Wildman–Crippen LogP) is 0.869. The number of rotatable bonds is 7. The summed E-state index contributed by atoms with van der Waals surface area (Å²) < 4.78 is 69.3. The van der Waals surface area contributed by atoms with Gasteiger partial charge in [0.05, 0.1) is 11.2 Å². The maximum absolute atomic E-state index is 12.9. The lowest BCUT2D eigenvalue weighted by Gasteiger charge is -2.28. The Morgan fingerprint density at radius 3 is 2.43 bits per heavy atom. The van der Waals surface area contributed by atoms with Crippen LogP contribution in [0.2, 0.25) is 0 Å². The van der Waals surface area contributed by atoms with Gasteiger partial charge in [0.25, 0.3) is 0 Å². The number of nitrogens with zero attached hydrogens (tertiary/aromatic N) is 3. The molecule has 0 bridgehead atoms. The van der Waals surface area contributed by atoms with Crippen molar-refractivity contribution in [3.05, 3.63) is 41.8 Å². The van der Waals surface area contributed by atoms with E-state index >= 15 is 0 Å². The molecule has 0 spiro atoms. The molecule has 154 valence electrons. The number of hydrogen-bond donors (Lipinski definition) is 1. The Balaban J connectivity index is 1.52. The van der Waals surface area contributed by atoms with Crippen molar-refractivity contribution < 1.29 is 25.7 Å². The van der Waals surface area contributed by atoms with Gasteiger partial charge in [-0.05, 0) is 37.1 Å². The minimum atomic E-state index is -3.75. The highest BCUT2D eigenvalue weighted by atomic mass is 32.2. The lowest BCUT2D eigenvalue weighted by molar-refractivity contribution is 0.306. The summed E-state index contributed by atoms with van der Waals surface area (Å²) in [4.78, 5) is 4.27. The monoisotopic (exact) mass is 432 g/mol. The highest BCUT2D eigenvalue weighted by molar-refractivity contribution is 7.89. The van der Waals surface area contributed by atoms with Crippen molar-refractivity contribution in [2.45, 2.75) is 30.1 Å². The van der Waals surface area contributed by atoms with Gasteiger partial charge in [0.1, 0.15) is 5.82 Å². The first-order chi connectivity index (χ1) is 13.1. The van der Waals surface area contributed by atoms with Gasteiger partial charge in [0, 0.05) is 32.0 Å². The van der Waals surface area contributed by atoms with Crippen LogP contribution in [-0.2, 0) is 26.5 Å². The molecule has 0 atom stereocenters. The highest BCUT2D eigenvalue weighted by Crippen LogP contribution is 2.27. The molecule has 1 saturated heterocycles. The first kappa shape index (κ1) is 20.8. The third-order valence-corrected chi connectivity index (χ3v) is 7.31. The van der Waals surface area contributed by atoms with Gasteiger partial charge in [-0.1, -0.05) is 5.16 Å². The zero-order valence-corrected chi connectivity index (χ0v) is 16.8. The zero-order valence-electron chi connectivity index (χ0n) is 15.2. The summed E-state index contributed by atoms with van der Waals surface area (Å²) in [5.74, 6) is 0.290. The summed E-state index contributed by atoms with van der Waals surface area (Å²) in [6, 6.07) is 4.53. The van der Waals surface area contributed by atoms with Crippen molar-refractivity contribution in [2.24, 2.45) is 0 Å². The Morgan fingerprint density at radius 1 is 1.18 bits per heavy atom. The predicted molar refractivity (Wildman–Crippen MR) is 98.0 cm³/mol. The smallest absolute Gasteiger partial charge is 0.240 e. The summed E-state index contributed by atoms with van der Waals surface area (Å²) in [5.41, 5.74) is 0. The van der Waals surface area contributed by atoms with Gasteiger partial charge in [0.2, 0.25) is 25.9 Å². The second-order valence-electron chi connectivity index (χ2n) is 6.58. The van der Waals surface area contributed by atoms with Crippen LogP contribution in [0.15, 0.2) is 33.7 Å². The Hall–Kier alpha value is -1.89. The molecule has 1 fully saturated rings. The van der Waals surface area contributed by atoms with Gasteiger partial charge >= 0.3 is 0 Å². The lowest BCUT2D eigenvalue weighted by Crippen LogP contribution is -2.37. The molecule has 1 aromatic heterocycles. The first-order valence-electron chi connectivity index (χ1n) is 8.68. The van der Waals surface area contributed by atoms with E-state index in [9.17, 15) is 21.2 Å². The van der Waals surface area contributed by atoms with Crippen LogP contribution < -0.4 is 4.72 Å². The fraction of sp³-hybridized carbons (Fsp3) is 0.500. The van der Waals surface area contributed by atoms with E-state index in [2.05, 4.69) is 14.9 Å². The summed E-state index contributed by atoms with van der Waals surface area (Å²) in [5, 5.41) is 3.94. The first-order valence-corrected chi connectivity index (χ1v) is 12.0. The molecule has 0 amide bonds. The average Bonchev–Trinajstić information content (AvgIpc) is 3.10. The standard InChI is InChI=1S/C16H21FN4O5S2/c1-27(22,23)21-10-7-12(8-11-21)16-19-15(26-20-16)6-9-18-28(24,25)14-4-2-13(17)3-5-14/h2-5,12,18H,6-11H2,1H3. The van der Waals surface area contributed by atoms with Crippen LogP contribution >= 0.6 is 0 Å². The summed E-state index contributed by atoms with van der Waals surface area (Å²) in [6.07, 6.45) is 2.59. The van der Waals surface area contributed by atoms with Crippen LogP contribution in [-0.4, -0.2) is 57.2 Å². The SMILES string of the molecule is CS(=O)(=O)N1CCC(c2noc(CCNS(=O)(=O)c3ccc(F)cc3)n2)CC1. The number of hydrogen-bond acceptors (Lipinski definition) is 7. The molecule has 0 radical (unpaired) electrons. The molecule has 28 heavy (non-hydrogen) atoms. The second-order valence-corrected chi connectivity index (χ2v) is 10.3. The van der Waals surface area contributed by atoms with E-state index in [1.807, 2.05) is 0 Å². The molecule has 1 aliphatic heterocycles. The maximum atomic E-state index is 12.9. The molecule has 1 aliphatic rings. The largest absolute Gasteiger partial charge is 0.339 e. The Kier molecular flexibility index (Phi) is 6.12. The van der Waals surface area contributed by atoms with Crippen molar-refractivity contribution in [1.82, 2.24) is 19.2 Å². The summed E-state index contributed by atoms with van der Waals surface area (Å²) >= 11 is 0. The minimum absolute atomic E-state index is 0.00593. The highest BCUT2D eigenvalue weighted by Gasteiger charge is 2.28. The number of halogens is 1. The fourth-order valence-electron chi connectivity index (χ4n) is 2.97. The zero-order chi connectivity index (χ0) is 20.4. The molecule has 0 saturated carbocycles. The van der Waals surface area contributed by atoms with E-state index in [0.717, 1.165) is 12.1 Å². The average molecular weight is 432 g/mol. The molecule has 1 aromatic carbocycles. The van der Waals surface area contributed by atoms with Crippen molar-refractivity contribution in [2.75, 3.05) is 25.9 Å². The quantitative estimate of drug-likeness (QED) is 0.689. The minimum Gasteiger partial charge on any atom is -0.339 e. The Labute approximate surface area is 163 Å².